The van der Waals surface area contributed by atoms with Gasteiger partial charge in [0.15, 0.2) is 0 Å². The maximum Gasteiger partial charge on any atom is 0.244 e. The highest BCUT2D eigenvalue weighted by atomic mass is 32.2. The van der Waals surface area contributed by atoms with Crippen molar-refractivity contribution in [1.29, 1.82) is 0 Å². The van der Waals surface area contributed by atoms with E-state index in [0.29, 0.717) is 17.7 Å². The molecule has 0 aliphatic carbocycles. The Morgan fingerprint density at radius 2 is 1.70 bits per heavy atom. The fourth-order valence-corrected chi connectivity index (χ4v) is 6.62. The van der Waals surface area contributed by atoms with Gasteiger partial charge in [0.25, 0.3) is 0 Å². The summed E-state index contributed by atoms with van der Waals surface area (Å²) in [5.41, 5.74) is 2.34. The topological polar surface area (TPSA) is 66.8 Å². The second-order valence-electron chi connectivity index (χ2n) is 6.82. The number of nitrogens with zero attached hydrogens (tertiary/aromatic N) is 1. The monoisotopic (exact) mass is 339 g/mol. The Labute approximate surface area is 138 Å². The average Bonchev–Trinajstić information content (AvgIpc) is 2.76. The molecule has 5 nitrogen and oxygen atoms in total. The summed E-state index contributed by atoms with van der Waals surface area (Å²) in [7, 11) is -1.96. The molecule has 0 spiro atoms. The minimum absolute atomic E-state index is 0.0741. The molecule has 2 saturated heterocycles. The standard InChI is InChI=1S/C17H25NO4S/c1-10-7-16(22-4)11(2)12(3)17(10)23(20,21)18-13-5-6-14(18)9-15(19)8-13/h7,13-15,19H,5-6,8-9H2,1-4H3. The Morgan fingerprint density at radius 1 is 1.13 bits per heavy atom. The highest BCUT2D eigenvalue weighted by Gasteiger charge is 2.47. The Kier molecular flexibility index (Phi) is 4.19. The van der Waals surface area contributed by atoms with Crippen LogP contribution in [0, 0.1) is 20.8 Å². The second-order valence-corrected chi connectivity index (χ2v) is 8.60. The second kappa shape index (κ2) is 5.76. The van der Waals surface area contributed by atoms with Crippen molar-refractivity contribution in [3.05, 3.63) is 22.8 Å². The van der Waals surface area contributed by atoms with Crippen LogP contribution in [-0.2, 0) is 10.0 Å². The van der Waals surface area contributed by atoms with E-state index in [4.69, 9.17) is 4.74 Å². The van der Waals surface area contributed by atoms with Gasteiger partial charge >= 0.3 is 0 Å². The van der Waals surface area contributed by atoms with Crippen LogP contribution in [0.1, 0.15) is 42.4 Å². The zero-order chi connectivity index (χ0) is 16.9. The number of hydrogen-bond acceptors (Lipinski definition) is 4. The van der Waals surface area contributed by atoms with Crippen LogP contribution in [0.2, 0.25) is 0 Å². The molecule has 6 heteroatoms. The van der Waals surface area contributed by atoms with Gasteiger partial charge in [-0.1, -0.05) is 0 Å². The first-order valence-corrected chi connectivity index (χ1v) is 9.57. The Bertz CT molecular complexity index is 715. The fraction of sp³-hybridized carbons (Fsp3) is 0.647. The molecule has 2 bridgehead atoms. The van der Waals surface area contributed by atoms with E-state index in [2.05, 4.69) is 0 Å². The summed E-state index contributed by atoms with van der Waals surface area (Å²) in [6.45, 7) is 5.56. The number of hydrogen-bond donors (Lipinski definition) is 1. The Morgan fingerprint density at radius 3 is 2.22 bits per heavy atom. The van der Waals surface area contributed by atoms with Gasteiger partial charge in [0.05, 0.1) is 18.1 Å². The number of methoxy groups -OCH3 is 1. The molecular formula is C17H25NO4S. The van der Waals surface area contributed by atoms with Crippen LogP contribution < -0.4 is 4.74 Å². The molecule has 2 heterocycles. The van der Waals surface area contributed by atoms with Crippen LogP contribution in [-0.4, -0.2) is 43.1 Å². The molecule has 2 aliphatic rings. The normalized spacial score (nSPS) is 28.1. The van der Waals surface area contributed by atoms with Crippen LogP contribution in [0.4, 0.5) is 0 Å². The third-order valence-electron chi connectivity index (χ3n) is 5.38. The van der Waals surface area contributed by atoms with Gasteiger partial charge in [0.2, 0.25) is 10.0 Å². The smallest absolute Gasteiger partial charge is 0.244 e. The van der Waals surface area contributed by atoms with Gasteiger partial charge in [0.1, 0.15) is 5.75 Å². The summed E-state index contributed by atoms with van der Waals surface area (Å²) in [6, 6.07) is 1.65. The van der Waals surface area contributed by atoms with Gasteiger partial charge in [-0.05, 0) is 69.2 Å². The van der Waals surface area contributed by atoms with E-state index in [1.807, 2.05) is 20.8 Å². The van der Waals surface area contributed by atoms with Crippen molar-refractivity contribution >= 4 is 10.0 Å². The predicted octanol–water partition coefficient (Wildman–Crippen LogP) is 2.30. The molecule has 0 amide bonds. The van der Waals surface area contributed by atoms with Crippen molar-refractivity contribution in [2.24, 2.45) is 0 Å². The summed E-state index contributed by atoms with van der Waals surface area (Å²) < 4.78 is 33.7. The van der Waals surface area contributed by atoms with Gasteiger partial charge in [-0.25, -0.2) is 8.42 Å². The molecule has 2 unspecified atom stereocenters. The van der Waals surface area contributed by atoms with Gasteiger partial charge in [-0.15, -0.1) is 0 Å². The molecule has 1 N–H and O–H groups in total. The number of aryl methyl sites for hydroxylation is 1. The number of fused-ring (bicyclic) bond motifs is 2. The number of piperidine rings is 1. The predicted molar refractivity (Wildman–Crippen MR) is 88.3 cm³/mol. The summed E-state index contributed by atoms with van der Waals surface area (Å²) in [6.07, 6.45) is 2.40. The number of sulfonamides is 1. The minimum atomic E-state index is -3.56. The minimum Gasteiger partial charge on any atom is -0.496 e. The Hall–Kier alpha value is -1.11. The van der Waals surface area contributed by atoms with E-state index in [0.717, 1.165) is 35.3 Å². The van der Waals surface area contributed by atoms with Crippen LogP contribution >= 0.6 is 0 Å². The number of ether oxygens (including phenoxy) is 1. The lowest BCUT2D eigenvalue weighted by Gasteiger charge is -2.36. The molecule has 23 heavy (non-hydrogen) atoms. The molecule has 2 aliphatic heterocycles. The molecule has 0 aromatic heterocycles. The third-order valence-corrected chi connectivity index (χ3v) is 7.67. The molecule has 0 saturated carbocycles. The summed E-state index contributed by atoms with van der Waals surface area (Å²) in [4.78, 5) is 0.407. The molecule has 0 radical (unpaired) electrons. The highest BCUT2D eigenvalue weighted by molar-refractivity contribution is 7.89. The molecular weight excluding hydrogens is 314 g/mol. The maximum atomic E-state index is 13.4. The van der Waals surface area contributed by atoms with Gasteiger partial charge in [0, 0.05) is 12.1 Å². The first-order valence-electron chi connectivity index (χ1n) is 8.13. The molecule has 128 valence electrons. The van der Waals surface area contributed by atoms with Crippen molar-refractivity contribution in [3.8, 4) is 5.75 Å². The van der Waals surface area contributed by atoms with Crippen LogP contribution in [0.25, 0.3) is 0 Å². The lowest BCUT2D eigenvalue weighted by atomic mass is 10.0. The summed E-state index contributed by atoms with van der Waals surface area (Å²) in [5.74, 6) is 0.719. The number of aliphatic hydroxyl groups excluding tert-OH is 1. The average molecular weight is 339 g/mol. The zero-order valence-electron chi connectivity index (χ0n) is 14.2. The fourth-order valence-electron chi connectivity index (χ4n) is 4.23. The molecule has 3 rings (SSSR count). The van der Waals surface area contributed by atoms with Gasteiger partial charge in [-0.3, -0.25) is 0 Å². The van der Waals surface area contributed by atoms with Crippen molar-refractivity contribution in [3.63, 3.8) is 0 Å². The first-order chi connectivity index (χ1) is 10.8. The highest BCUT2D eigenvalue weighted by Crippen LogP contribution is 2.42. The molecule has 1 aromatic carbocycles. The van der Waals surface area contributed by atoms with E-state index >= 15 is 0 Å². The molecule has 1 aromatic rings. The van der Waals surface area contributed by atoms with Crippen LogP contribution in [0.3, 0.4) is 0 Å². The van der Waals surface area contributed by atoms with Crippen molar-refractivity contribution in [1.82, 2.24) is 4.31 Å². The largest absolute Gasteiger partial charge is 0.496 e. The van der Waals surface area contributed by atoms with E-state index in [1.165, 1.54) is 0 Å². The molecule has 2 fully saturated rings. The van der Waals surface area contributed by atoms with E-state index in [-0.39, 0.29) is 18.2 Å². The first kappa shape index (κ1) is 16.7. The van der Waals surface area contributed by atoms with E-state index in [9.17, 15) is 13.5 Å². The zero-order valence-corrected chi connectivity index (χ0v) is 15.0. The van der Waals surface area contributed by atoms with E-state index < -0.39 is 10.0 Å². The van der Waals surface area contributed by atoms with Crippen molar-refractivity contribution < 1.29 is 18.3 Å². The van der Waals surface area contributed by atoms with Crippen molar-refractivity contribution in [2.75, 3.05) is 7.11 Å². The van der Waals surface area contributed by atoms with Gasteiger partial charge < -0.3 is 9.84 Å². The van der Waals surface area contributed by atoms with E-state index in [1.54, 1.807) is 17.5 Å². The van der Waals surface area contributed by atoms with Crippen molar-refractivity contribution in [2.45, 2.75) is 69.5 Å². The number of benzene rings is 1. The van der Waals surface area contributed by atoms with Crippen LogP contribution in [0.5, 0.6) is 5.75 Å². The van der Waals surface area contributed by atoms with Crippen LogP contribution in [0.15, 0.2) is 11.0 Å². The number of rotatable bonds is 3. The number of aliphatic hydroxyl groups is 1. The Balaban J connectivity index is 2.10. The lowest BCUT2D eigenvalue weighted by Crippen LogP contribution is -2.48. The lowest BCUT2D eigenvalue weighted by molar-refractivity contribution is 0.0768. The third kappa shape index (κ3) is 2.57. The molecule has 2 atom stereocenters. The quantitative estimate of drug-likeness (QED) is 0.917. The van der Waals surface area contributed by atoms with Gasteiger partial charge in [-0.2, -0.15) is 4.31 Å². The maximum absolute atomic E-state index is 13.4. The summed E-state index contributed by atoms with van der Waals surface area (Å²) >= 11 is 0. The SMILES string of the molecule is COc1cc(C)c(S(=O)(=O)N2C3CCC2CC(O)C3)c(C)c1C. The summed E-state index contributed by atoms with van der Waals surface area (Å²) in [5, 5.41) is 9.93.